The zero-order valence-electron chi connectivity index (χ0n) is 12.4. The maximum Gasteiger partial charge on any atom is 0.284 e. The molecule has 124 valence electrons. The summed E-state index contributed by atoms with van der Waals surface area (Å²) >= 11 is 6.08. The van der Waals surface area contributed by atoms with Crippen molar-refractivity contribution >= 4 is 17.1 Å². The number of benzene rings is 1. The van der Waals surface area contributed by atoms with Crippen LogP contribution in [0.1, 0.15) is 18.3 Å². The Hall–Kier alpha value is -2.25. The lowest BCUT2D eigenvalue weighted by atomic mass is 10.2. The van der Waals surface area contributed by atoms with E-state index in [9.17, 15) is 13.6 Å². The molecule has 24 heavy (non-hydrogen) atoms. The predicted molar refractivity (Wildman–Crippen MR) is 86.0 cm³/mol. The first-order chi connectivity index (χ1) is 11.5. The monoisotopic (exact) mass is 350 g/mol. The highest BCUT2D eigenvalue weighted by molar-refractivity contribution is 6.33. The van der Waals surface area contributed by atoms with Gasteiger partial charge in [0.1, 0.15) is 17.5 Å². The van der Waals surface area contributed by atoms with E-state index in [4.69, 9.17) is 11.6 Å². The number of aromatic nitrogens is 3. The van der Waals surface area contributed by atoms with Crippen LogP contribution in [0.2, 0.25) is 5.02 Å². The van der Waals surface area contributed by atoms with Crippen molar-refractivity contribution in [2.45, 2.75) is 18.6 Å². The smallest absolute Gasteiger partial charge is 0.284 e. The number of hydrogen-bond acceptors (Lipinski definition) is 3. The summed E-state index contributed by atoms with van der Waals surface area (Å²) in [5.41, 5.74) is 0.0931. The van der Waals surface area contributed by atoms with Crippen molar-refractivity contribution < 1.29 is 8.78 Å². The van der Waals surface area contributed by atoms with Crippen LogP contribution in [0, 0.1) is 5.82 Å². The van der Waals surface area contributed by atoms with Crippen LogP contribution in [0.25, 0.3) is 11.2 Å². The molecule has 8 heteroatoms. The van der Waals surface area contributed by atoms with Crippen LogP contribution in [-0.4, -0.2) is 26.9 Å². The Morgan fingerprint density at radius 1 is 1.33 bits per heavy atom. The molecule has 0 aliphatic carbocycles. The molecule has 3 heterocycles. The third-order valence-corrected chi connectivity index (χ3v) is 4.42. The average Bonchev–Trinajstić information content (AvgIpc) is 3.13. The largest absolute Gasteiger partial charge is 0.304 e. The van der Waals surface area contributed by atoms with E-state index in [2.05, 4.69) is 10.4 Å². The third kappa shape index (κ3) is 2.40. The van der Waals surface area contributed by atoms with Crippen molar-refractivity contribution in [2.75, 3.05) is 6.54 Å². The van der Waals surface area contributed by atoms with Gasteiger partial charge in [0.15, 0.2) is 5.82 Å². The van der Waals surface area contributed by atoms with E-state index in [1.807, 2.05) is 0 Å². The van der Waals surface area contributed by atoms with Gasteiger partial charge < -0.3 is 5.32 Å². The number of nitrogens with zero attached hydrogens (tertiary/aromatic N) is 3. The van der Waals surface area contributed by atoms with Gasteiger partial charge in [-0.05, 0) is 24.3 Å². The topological polar surface area (TPSA) is 51.3 Å². The van der Waals surface area contributed by atoms with E-state index in [0.717, 1.165) is 0 Å². The van der Waals surface area contributed by atoms with E-state index in [1.54, 1.807) is 18.3 Å². The minimum absolute atomic E-state index is 0.189. The first-order valence-electron chi connectivity index (χ1n) is 7.48. The van der Waals surface area contributed by atoms with Crippen molar-refractivity contribution in [3.8, 4) is 5.69 Å². The fourth-order valence-electron chi connectivity index (χ4n) is 3.03. The Morgan fingerprint density at radius 3 is 2.88 bits per heavy atom. The lowest BCUT2D eigenvalue weighted by molar-refractivity contribution is 0.354. The molecule has 1 aliphatic rings. The minimum atomic E-state index is -1.02. The van der Waals surface area contributed by atoms with Gasteiger partial charge >= 0.3 is 0 Å². The molecule has 1 aromatic carbocycles. The highest BCUT2D eigenvalue weighted by Gasteiger charge is 2.30. The van der Waals surface area contributed by atoms with Crippen LogP contribution in [0.5, 0.6) is 0 Å². The Kier molecular flexibility index (Phi) is 3.62. The molecule has 4 rings (SSSR count). The number of fused-ring (bicyclic) bond motifs is 1. The lowest BCUT2D eigenvalue weighted by Crippen LogP contribution is -2.30. The fourth-order valence-corrected chi connectivity index (χ4v) is 3.25. The molecule has 1 saturated heterocycles. The van der Waals surface area contributed by atoms with Crippen molar-refractivity contribution in [3.63, 3.8) is 0 Å². The van der Waals surface area contributed by atoms with Gasteiger partial charge in [0.25, 0.3) is 5.56 Å². The zero-order valence-corrected chi connectivity index (χ0v) is 13.2. The van der Waals surface area contributed by atoms with Gasteiger partial charge in [-0.1, -0.05) is 17.7 Å². The van der Waals surface area contributed by atoms with Crippen LogP contribution in [0.3, 0.4) is 0 Å². The molecular weight excluding hydrogens is 338 g/mol. The van der Waals surface area contributed by atoms with Crippen molar-refractivity contribution in [1.29, 1.82) is 0 Å². The molecule has 0 unspecified atom stereocenters. The van der Waals surface area contributed by atoms with E-state index >= 15 is 0 Å². The van der Waals surface area contributed by atoms with E-state index in [0.29, 0.717) is 11.5 Å². The molecule has 1 N–H and O–H groups in total. The fraction of sp³-hybridized carbons (Fsp3) is 0.250. The summed E-state index contributed by atoms with van der Waals surface area (Å²) in [5, 5.41) is 7.69. The molecule has 0 amide bonds. The molecular formula is C16H13ClF2N4O. The van der Waals surface area contributed by atoms with E-state index < -0.39 is 23.6 Å². The first-order valence-corrected chi connectivity index (χ1v) is 7.85. The molecule has 2 atom stereocenters. The predicted octanol–water partition coefficient (Wildman–Crippen LogP) is 2.65. The van der Waals surface area contributed by atoms with Crippen molar-refractivity contribution in [3.05, 3.63) is 63.5 Å². The normalized spacial score (nSPS) is 20.8. The summed E-state index contributed by atoms with van der Waals surface area (Å²) in [6.07, 6.45) is 0.750. The van der Waals surface area contributed by atoms with Gasteiger partial charge in [-0.2, -0.15) is 5.10 Å². The Morgan fingerprint density at radius 2 is 2.17 bits per heavy atom. The number of hydrogen-bond donors (Lipinski definition) is 1. The van der Waals surface area contributed by atoms with Gasteiger partial charge in [-0.25, -0.2) is 13.3 Å². The summed E-state index contributed by atoms with van der Waals surface area (Å²) in [4.78, 5) is 13.0. The quantitative estimate of drug-likeness (QED) is 0.773. The van der Waals surface area contributed by atoms with Crippen molar-refractivity contribution in [2.24, 2.45) is 0 Å². The highest BCUT2D eigenvalue weighted by Crippen LogP contribution is 2.26. The standard InChI is InChI=1S/C16H13ClF2N4O/c17-12-4-5-22-14(12)16(24)23(11-3-1-2-9(18)6-11)15(21-22)13-7-10(19)8-20-13/h1-6,10,13,20H,7-8H2/t10-,13-/m0/s1. The Bertz CT molecular complexity index is 984. The first kappa shape index (κ1) is 15.3. The molecule has 0 bridgehead atoms. The number of halogens is 3. The summed E-state index contributed by atoms with van der Waals surface area (Å²) in [6.45, 7) is 0.189. The highest BCUT2D eigenvalue weighted by atomic mass is 35.5. The maximum atomic E-state index is 13.6. The third-order valence-electron chi connectivity index (χ3n) is 4.12. The summed E-state index contributed by atoms with van der Waals surface area (Å²) < 4.78 is 29.9. The SMILES string of the molecule is O=c1c2c(Cl)ccn2nc([C@@H]2C[C@H](F)CN2)n1-c1cccc(F)c1. The van der Waals surface area contributed by atoms with Crippen LogP contribution in [-0.2, 0) is 0 Å². The van der Waals surface area contributed by atoms with Gasteiger partial charge in [0, 0.05) is 19.2 Å². The molecule has 0 radical (unpaired) electrons. The van der Waals surface area contributed by atoms with Crippen LogP contribution in [0.15, 0.2) is 41.3 Å². The second-order valence-electron chi connectivity index (χ2n) is 5.73. The van der Waals surface area contributed by atoms with Crippen LogP contribution >= 0.6 is 11.6 Å². The van der Waals surface area contributed by atoms with Gasteiger partial charge in [0.2, 0.25) is 0 Å². The van der Waals surface area contributed by atoms with Crippen LogP contribution < -0.4 is 10.9 Å². The molecule has 0 saturated carbocycles. The number of nitrogens with one attached hydrogen (secondary N) is 1. The number of rotatable bonds is 2. The summed E-state index contributed by atoms with van der Waals surface area (Å²) in [7, 11) is 0. The summed E-state index contributed by atoms with van der Waals surface area (Å²) in [5.74, 6) is -0.153. The molecule has 0 spiro atoms. The second-order valence-corrected chi connectivity index (χ2v) is 6.14. The molecule has 5 nitrogen and oxygen atoms in total. The molecule has 2 aromatic heterocycles. The Labute approximate surface area is 140 Å². The molecule has 3 aromatic rings. The van der Waals surface area contributed by atoms with Crippen LogP contribution in [0.4, 0.5) is 8.78 Å². The van der Waals surface area contributed by atoms with Gasteiger partial charge in [0.05, 0.1) is 16.8 Å². The van der Waals surface area contributed by atoms with E-state index in [1.165, 1.54) is 27.3 Å². The lowest BCUT2D eigenvalue weighted by Gasteiger charge is -2.17. The van der Waals surface area contributed by atoms with E-state index in [-0.39, 0.29) is 23.5 Å². The zero-order chi connectivity index (χ0) is 16.8. The number of alkyl halides is 1. The van der Waals surface area contributed by atoms with Gasteiger partial charge in [-0.15, -0.1) is 0 Å². The summed E-state index contributed by atoms with van der Waals surface area (Å²) in [6, 6.07) is 6.75. The average molecular weight is 351 g/mol. The van der Waals surface area contributed by atoms with Crippen molar-refractivity contribution in [1.82, 2.24) is 19.5 Å². The molecule has 1 fully saturated rings. The Balaban J connectivity index is 2.02. The molecule has 1 aliphatic heterocycles. The van der Waals surface area contributed by atoms with Gasteiger partial charge in [-0.3, -0.25) is 9.36 Å². The minimum Gasteiger partial charge on any atom is -0.304 e. The second kappa shape index (κ2) is 5.68. The maximum absolute atomic E-state index is 13.6.